The molecule has 1 heterocycles. The molecule has 1 aromatic carbocycles. The lowest BCUT2D eigenvalue weighted by Crippen LogP contribution is -2.32. The van der Waals surface area contributed by atoms with Crippen molar-refractivity contribution in [1.29, 1.82) is 0 Å². The van der Waals surface area contributed by atoms with E-state index >= 15 is 0 Å². The fraction of sp³-hybridized carbons (Fsp3) is 0.429. The number of ether oxygens (including phenoxy) is 1. The normalized spacial score (nSPS) is 18.8. The molecule has 0 aliphatic carbocycles. The number of ketones is 1. The molecular weight excluding hydrogens is 268 g/mol. The molecule has 1 N–H and O–H groups in total. The Hall–Kier alpha value is -1.98. The monoisotopic (exact) mass is 283 g/mol. The number of nitrogens with one attached hydrogen (secondary N) is 1. The van der Waals surface area contributed by atoms with Crippen molar-refractivity contribution >= 4 is 11.7 Å². The average Bonchev–Trinajstić information content (AvgIpc) is 2.37. The van der Waals surface area contributed by atoms with Crippen molar-refractivity contribution in [3.05, 3.63) is 29.3 Å². The van der Waals surface area contributed by atoms with E-state index in [1.165, 1.54) is 19.1 Å². The summed E-state index contributed by atoms with van der Waals surface area (Å²) in [5, 5.41) is 2.71. The number of benzene rings is 1. The Morgan fingerprint density at radius 3 is 2.80 bits per heavy atom. The molecule has 0 radical (unpaired) electrons. The third-order valence-corrected chi connectivity index (χ3v) is 3.32. The minimum atomic E-state index is -2.99. The second-order valence-corrected chi connectivity index (χ2v) is 4.73. The summed E-state index contributed by atoms with van der Waals surface area (Å²) in [5.74, 6) is -0.567. The van der Waals surface area contributed by atoms with Gasteiger partial charge in [-0.25, -0.2) is 0 Å². The van der Waals surface area contributed by atoms with Gasteiger partial charge >= 0.3 is 6.61 Å². The van der Waals surface area contributed by atoms with Gasteiger partial charge in [-0.3, -0.25) is 9.59 Å². The number of carbonyl (C=O) groups excluding carboxylic acids is 2. The summed E-state index contributed by atoms with van der Waals surface area (Å²) in [6, 6.07) is 4.60. The van der Waals surface area contributed by atoms with E-state index in [0.717, 1.165) is 12.0 Å². The summed E-state index contributed by atoms with van der Waals surface area (Å²) in [6.07, 6.45) is 1.05. The highest BCUT2D eigenvalue weighted by atomic mass is 19.3. The molecule has 1 amide bonds. The number of amides is 1. The van der Waals surface area contributed by atoms with Crippen molar-refractivity contribution in [2.24, 2.45) is 0 Å². The zero-order valence-electron chi connectivity index (χ0n) is 11.0. The first kappa shape index (κ1) is 14.4. The lowest BCUT2D eigenvalue weighted by molar-refractivity contribution is -0.122. The van der Waals surface area contributed by atoms with Crippen LogP contribution in [0.15, 0.2) is 18.2 Å². The molecule has 1 fully saturated rings. The first-order valence-corrected chi connectivity index (χ1v) is 6.33. The smallest absolute Gasteiger partial charge is 0.387 e. The van der Waals surface area contributed by atoms with Crippen LogP contribution in [-0.2, 0) is 4.79 Å². The molecule has 2 rings (SSSR count). The van der Waals surface area contributed by atoms with Gasteiger partial charge in [0.2, 0.25) is 5.91 Å². The van der Waals surface area contributed by atoms with Gasteiger partial charge in [0.15, 0.2) is 5.78 Å². The lowest BCUT2D eigenvalue weighted by Gasteiger charge is -2.23. The first-order valence-electron chi connectivity index (χ1n) is 6.33. The van der Waals surface area contributed by atoms with Crippen molar-refractivity contribution in [2.45, 2.75) is 32.3 Å². The molecule has 4 nitrogen and oxygen atoms in total. The fourth-order valence-corrected chi connectivity index (χ4v) is 2.35. The Kier molecular flexibility index (Phi) is 4.32. The van der Waals surface area contributed by atoms with Crippen LogP contribution in [0.4, 0.5) is 8.78 Å². The number of piperidine rings is 1. The zero-order chi connectivity index (χ0) is 14.7. The molecule has 0 aromatic heterocycles. The van der Waals surface area contributed by atoms with Gasteiger partial charge in [0.1, 0.15) is 5.75 Å². The van der Waals surface area contributed by atoms with E-state index in [-0.39, 0.29) is 28.9 Å². The first-order chi connectivity index (χ1) is 9.47. The van der Waals surface area contributed by atoms with E-state index in [0.29, 0.717) is 13.0 Å². The van der Waals surface area contributed by atoms with Crippen molar-refractivity contribution < 1.29 is 23.1 Å². The number of rotatable bonds is 4. The maximum Gasteiger partial charge on any atom is 0.387 e. The van der Waals surface area contributed by atoms with Gasteiger partial charge in [0.05, 0.1) is 5.56 Å². The van der Waals surface area contributed by atoms with E-state index in [1.807, 2.05) is 0 Å². The summed E-state index contributed by atoms with van der Waals surface area (Å²) in [5.41, 5.74) is 0.856. The van der Waals surface area contributed by atoms with Crippen LogP contribution in [0.3, 0.4) is 0 Å². The molecule has 1 aromatic rings. The third-order valence-electron chi connectivity index (χ3n) is 3.32. The van der Waals surface area contributed by atoms with Crippen LogP contribution in [0.25, 0.3) is 0 Å². The standard InChI is InChI=1S/C14H15F2NO3/c1-8(18)11-3-2-9(6-12(11)20-14(15)16)10-4-5-17-13(19)7-10/h2-3,6,10,14H,4-5,7H2,1H3,(H,17,19)/t10-/m0/s1. The Morgan fingerprint density at radius 2 is 2.20 bits per heavy atom. The van der Waals surface area contributed by atoms with E-state index in [9.17, 15) is 18.4 Å². The number of halogens is 2. The average molecular weight is 283 g/mol. The summed E-state index contributed by atoms with van der Waals surface area (Å²) in [7, 11) is 0. The van der Waals surface area contributed by atoms with Gasteiger partial charge in [-0.05, 0) is 37.0 Å². The van der Waals surface area contributed by atoms with E-state index in [4.69, 9.17) is 0 Å². The molecule has 6 heteroatoms. The van der Waals surface area contributed by atoms with Crippen LogP contribution in [0.5, 0.6) is 5.75 Å². The number of carbonyl (C=O) groups is 2. The van der Waals surface area contributed by atoms with Gasteiger partial charge in [0, 0.05) is 13.0 Å². The zero-order valence-corrected chi connectivity index (χ0v) is 11.0. The Morgan fingerprint density at radius 1 is 1.45 bits per heavy atom. The molecule has 20 heavy (non-hydrogen) atoms. The molecular formula is C14H15F2NO3. The predicted octanol–water partition coefficient (Wildman–Crippen LogP) is 2.48. The highest BCUT2D eigenvalue weighted by Crippen LogP contribution is 2.31. The van der Waals surface area contributed by atoms with Gasteiger partial charge in [0.25, 0.3) is 0 Å². The van der Waals surface area contributed by atoms with E-state index < -0.39 is 6.61 Å². The quantitative estimate of drug-likeness (QED) is 0.864. The topological polar surface area (TPSA) is 55.4 Å². The second-order valence-electron chi connectivity index (χ2n) is 4.73. The number of Topliss-reactive ketones (excluding diaryl/α,β-unsaturated/α-hetero) is 1. The van der Waals surface area contributed by atoms with Crippen LogP contribution in [0.2, 0.25) is 0 Å². The van der Waals surface area contributed by atoms with E-state index in [2.05, 4.69) is 10.1 Å². The fourth-order valence-electron chi connectivity index (χ4n) is 2.35. The molecule has 0 saturated carbocycles. The maximum atomic E-state index is 12.4. The summed E-state index contributed by atoms with van der Waals surface area (Å²) >= 11 is 0. The van der Waals surface area contributed by atoms with Gasteiger partial charge in [-0.2, -0.15) is 8.78 Å². The largest absolute Gasteiger partial charge is 0.434 e. The van der Waals surface area contributed by atoms with Gasteiger partial charge in [-0.15, -0.1) is 0 Å². The molecule has 1 aliphatic heterocycles. The predicted molar refractivity (Wildman–Crippen MR) is 68.1 cm³/mol. The number of alkyl halides is 2. The maximum absolute atomic E-state index is 12.4. The van der Waals surface area contributed by atoms with Crippen molar-refractivity contribution in [1.82, 2.24) is 5.32 Å². The second kappa shape index (κ2) is 5.98. The summed E-state index contributed by atoms with van der Waals surface area (Å²) in [6.45, 7) is -1.14. The molecule has 0 spiro atoms. The number of hydrogen-bond acceptors (Lipinski definition) is 3. The third kappa shape index (κ3) is 3.31. The Balaban J connectivity index is 2.30. The van der Waals surface area contributed by atoms with Crippen LogP contribution in [0, 0.1) is 0 Å². The molecule has 108 valence electrons. The van der Waals surface area contributed by atoms with Crippen LogP contribution in [-0.4, -0.2) is 24.8 Å². The van der Waals surface area contributed by atoms with Crippen LogP contribution in [0.1, 0.15) is 41.6 Å². The summed E-state index contributed by atoms with van der Waals surface area (Å²) < 4.78 is 29.2. The Bertz CT molecular complexity index is 531. The van der Waals surface area contributed by atoms with Crippen molar-refractivity contribution in [3.8, 4) is 5.75 Å². The highest BCUT2D eigenvalue weighted by molar-refractivity contribution is 5.96. The highest BCUT2D eigenvalue weighted by Gasteiger charge is 2.22. The van der Waals surface area contributed by atoms with Crippen molar-refractivity contribution in [2.75, 3.05) is 6.54 Å². The van der Waals surface area contributed by atoms with Crippen LogP contribution < -0.4 is 10.1 Å². The minimum Gasteiger partial charge on any atom is -0.434 e. The van der Waals surface area contributed by atoms with E-state index in [1.54, 1.807) is 6.07 Å². The summed E-state index contributed by atoms with van der Waals surface area (Å²) in [4.78, 5) is 22.8. The SMILES string of the molecule is CC(=O)c1ccc([C@H]2CCNC(=O)C2)cc1OC(F)F. The number of hydrogen-bond donors (Lipinski definition) is 1. The van der Waals surface area contributed by atoms with Crippen LogP contribution >= 0.6 is 0 Å². The molecule has 0 bridgehead atoms. The van der Waals surface area contributed by atoms with Gasteiger partial charge < -0.3 is 10.1 Å². The van der Waals surface area contributed by atoms with Crippen molar-refractivity contribution in [3.63, 3.8) is 0 Å². The minimum absolute atomic E-state index is 0.0372. The molecule has 1 aliphatic rings. The Labute approximate surface area is 115 Å². The lowest BCUT2D eigenvalue weighted by atomic mass is 9.89. The molecule has 1 atom stereocenters. The van der Waals surface area contributed by atoms with Gasteiger partial charge in [-0.1, -0.05) is 6.07 Å². The molecule has 1 saturated heterocycles. The molecule has 0 unspecified atom stereocenters.